The molecular formula is C24H32IN5O2. The summed E-state index contributed by atoms with van der Waals surface area (Å²) in [5, 5.41) is 11.0. The van der Waals surface area contributed by atoms with E-state index in [4.69, 9.17) is 9.47 Å². The molecule has 1 aromatic heterocycles. The van der Waals surface area contributed by atoms with Crippen LogP contribution in [0.4, 0.5) is 0 Å². The maximum atomic E-state index is 5.92. The van der Waals surface area contributed by atoms with Crippen LogP contribution in [-0.4, -0.2) is 42.6 Å². The van der Waals surface area contributed by atoms with Crippen molar-refractivity contribution in [3.8, 4) is 11.4 Å². The van der Waals surface area contributed by atoms with E-state index in [0.717, 1.165) is 34.1 Å². The van der Waals surface area contributed by atoms with Gasteiger partial charge < -0.3 is 20.1 Å². The van der Waals surface area contributed by atoms with Gasteiger partial charge in [0.15, 0.2) is 5.96 Å². The standard InChI is InChI=1S/C24H31N5O2.HI/c1-4-30-14-15-31-23-16-19(2)6-9-21(23)18-27-24(25-3)26-17-20-7-10-22(11-8-20)29-13-5-12-28-29;/h5-13,16H,4,14-15,17-18H2,1-3H3,(H2,25,26,27);1H. The summed E-state index contributed by atoms with van der Waals surface area (Å²) in [5.41, 5.74) is 4.44. The third-order valence-electron chi connectivity index (χ3n) is 4.75. The Hall–Kier alpha value is -2.59. The molecule has 8 heteroatoms. The van der Waals surface area contributed by atoms with Crippen LogP contribution < -0.4 is 15.4 Å². The van der Waals surface area contributed by atoms with Gasteiger partial charge >= 0.3 is 0 Å². The lowest BCUT2D eigenvalue weighted by molar-refractivity contribution is 0.110. The molecule has 3 rings (SSSR count). The van der Waals surface area contributed by atoms with E-state index in [0.29, 0.717) is 32.9 Å². The van der Waals surface area contributed by atoms with Gasteiger partial charge in [0.2, 0.25) is 0 Å². The minimum Gasteiger partial charge on any atom is -0.491 e. The van der Waals surface area contributed by atoms with Crippen molar-refractivity contribution >= 4 is 29.9 Å². The second-order valence-corrected chi connectivity index (χ2v) is 7.05. The van der Waals surface area contributed by atoms with Crippen molar-refractivity contribution in [1.29, 1.82) is 0 Å². The minimum absolute atomic E-state index is 0. The maximum absolute atomic E-state index is 5.92. The highest BCUT2D eigenvalue weighted by molar-refractivity contribution is 14.0. The quantitative estimate of drug-likeness (QED) is 0.173. The number of benzene rings is 2. The number of nitrogens with one attached hydrogen (secondary N) is 2. The van der Waals surface area contributed by atoms with Crippen LogP contribution in [0.1, 0.15) is 23.6 Å². The molecule has 0 unspecified atom stereocenters. The number of nitrogens with zero attached hydrogens (tertiary/aromatic N) is 3. The lowest BCUT2D eigenvalue weighted by atomic mass is 10.1. The van der Waals surface area contributed by atoms with Crippen LogP contribution in [0.25, 0.3) is 5.69 Å². The summed E-state index contributed by atoms with van der Waals surface area (Å²) in [6.45, 7) is 7.14. The van der Waals surface area contributed by atoms with Gasteiger partial charge in [0, 0.05) is 44.7 Å². The molecule has 0 atom stereocenters. The van der Waals surface area contributed by atoms with Gasteiger partial charge in [0.05, 0.1) is 12.3 Å². The Balaban J connectivity index is 0.00000363. The Morgan fingerprint density at radius 3 is 2.53 bits per heavy atom. The molecule has 0 bridgehead atoms. The van der Waals surface area contributed by atoms with E-state index >= 15 is 0 Å². The average molecular weight is 549 g/mol. The fourth-order valence-corrected chi connectivity index (χ4v) is 3.07. The zero-order valence-electron chi connectivity index (χ0n) is 18.9. The molecule has 7 nitrogen and oxygen atoms in total. The number of aliphatic imine (C=N–C) groups is 1. The molecule has 2 N–H and O–H groups in total. The number of ether oxygens (including phenoxy) is 2. The second kappa shape index (κ2) is 13.7. The van der Waals surface area contributed by atoms with Crippen LogP contribution >= 0.6 is 24.0 Å². The molecule has 0 spiro atoms. The zero-order valence-corrected chi connectivity index (χ0v) is 21.2. The molecule has 0 aliphatic heterocycles. The van der Waals surface area contributed by atoms with Crippen LogP contribution in [0.5, 0.6) is 5.75 Å². The molecule has 32 heavy (non-hydrogen) atoms. The third kappa shape index (κ3) is 7.83. The summed E-state index contributed by atoms with van der Waals surface area (Å²) >= 11 is 0. The van der Waals surface area contributed by atoms with E-state index < -0.39 is 0 Å². The van der Waals surface area contributed by atoms with E-state index in [1.165, 1.54) is 0 Å². The molecular weight excluding hydrogens is 517 g/mol. The number of hydrogen-bond acceptors (Lipinski definition) is 4. The SMILES string of the molecule is CCOCCOc1cc(C)ccc1CNC(=NC)NCc1ccc(-n2cccn2)cc1.I. The van der Waals surface area contributed by atoms with Crippen molar-refractivity contribution in [2.24, 2.45) is 4.99 Å². The fraction of sp³-hybridized carbons (Fsp3) is 0.333. The van der Waals surface area contributed by atoms with Crippen molar-refractivity contribution in [2.75, 3.05) is 26.9 Å². The third-order valence-corrected chi connectivity index (χ3v) is 4.75. The number of hydrogen-bond donors (Lipinski definition) is 2. The number of halogens is 1. The average Bonchev–Trinajstić information content (AvgIpc) is 3.33. The first kappa shape index (κ1) is 25.7. The van der Waals surface area contributed by atoms with Crippen LogP contribution in [0.3, 0.4) is 0 Å². The van der Waals surface area contributed by atoms with Crippen molar-refractivity contribution in [3.05, 3.63) is 77.6 Å². The second-order valence-electron chi connectivity index (χ2n) is 7.05. The Morgan fingerprint density at radius 2 is 1.84 bits per heavy atom. The van der Waals surface area contributed by atoms with Crippen LogP contribution in [-0.2, 0) is 17.8 Å². The molecule has 1 heterocycles. The first-order chi connectivity index (χ1) is 15.2. The van der Waals surface area contributed by atoms with E-state index in [1.807, 2.05) is 23.9 Å². The molecule has 0 radical (unpaired) electrons. The van der Waals surface area contributed by atoms with Gasteiger partial charge in [-0.25, -0.2) is 4.68 Å². The summed E-state index contributed by atoms with van der Waals surface area (Å²) in [7, 11) is 1.77. The Kier molecular flexibility index (Phi) is 11.0. The number of aromatic nitrogens is 2. The van der Waals surface area contributed by atoms with Gasteiger partial charge in [-0.15, -0.1) is 24.0 Å². The highest BCUT2D eigenvalue weighted by atomic mass is 127. The van der Waals surface area contributed by atoms with Crippen molar-refractivity contribution < 1.29 is 9.47 Å². The lowest BCUT2D eigenvalue weighted by Crippen LogP contribution is -2.36. The molecule has 0 saturated heterocycles. The van der Waals surface area contributed by atoms with Crippen molar-refractivity contribution in [1.82, 2.24) is 20.4 Å². The Labute approximate surface area is 207 Å². The lowest BCUT2D eigenvalue weighted by Gasteiger charge is -2.16. The number of aryl methyl sites for hydroxylation is 1. The van der Waals surface area contributed by atoms with Gasteiger partial charge in [-0.2, -0.15) is 5.10 Å². The molecule has 0 saturated carbocycles. The fourth-order valence-electron chi connectivity index (χ4n) is 3.07. The molecule has 0 aliphatic carbocycles. The molecule has 2 aromatic carbocycles. The predicted octanol–water partition coefficient (Wildman–Crippen LogP) is 4.08. The van der Waals surface area contributed by atoms with Crippen LogP contribution in [0.15, 0.2) is 65.9 Å². The minimum atomic E-state index is 0. The molecule has 0 aliphatic rings. The van der Waals surface area contributed by atoms with E-state index in [9.17, 15) is 0 Å². The summed E-state index contributed by atoms with van der Waals surface area (Å²) in [4.78, 5) is 4.33. The largest absolute Gasteiger partial charge is 0.491 e. The highest BCUT2D eigenvalue weighted by Gasteiger charge is 2.06. The Morgan fingerprint density at radius 1 is 1.06 bits per heavy atom. The first-order valence-corrected chi connectivity index (χ1v) is 10.5. The van der Waals surface area contributed by atoms with Gasteiger partial charge in [0.25, 0.3) is 0 Å². The predicted molar refractivity (Wildman–Crippen MR) is 139 cm³/mol. The highest BCUT2D eigenvalue weighted by Crippen LogP contribution is 2.20. The molecule has 172 valence electrons. The molecule has 0 fully saturated rings. The summed E-state index contributed by atoms with van der Waals surface area (Å²) in [6, 6.07) is 16.4. The van der Waals surface area contributed by atoms with Crippen LogP contribution in [0.2, 0.25) is 0 Å². The van der Waals surface area contributed by atoms with Crippen molar-refractivity contribution in [2.45, 2.75) is 26.9 Å². The van der Waals surface area contributed by atoms with Crippen molar-refractivity contribution in [3.63, 3.8) is 0 Å². The van der Waals surface area contributed by atoms with Gasteiger partial charge in [-0.05, 0) is 49.2 Å². The number of rotatable bonds is 10. The topological polar surface area (TPSA) is 72.7 Å². The Bertz CT molecular complexity index is 959. The van der Waals surface area contributed by atoms with E-state index in [2.05, 4.69) is 70.1 Å². The summed E-state index contributed by atoms with van der Waals surface area (Å²) < 4.78 is 13.1. The monoisotopic (exact) mass is 549 g/mol. The van der Waals surface area contributed by atoms with Gasteiger partial charge in [-0.3, -0.25) is 4.99 Å². The van der Waals surface area contributed by atoms with Gasteiger partial charge in [-0.1, -0.05) is 24.3 Å². The van der Waals surface area contributed by atoms with Crippen LogP contribution in [0, 0.1) is 6.92 Å². The smallest absolute Gasteiger partial charge is 0.191 e. The maximum Gasteiger partial charge on any atom is 0.191 e. The number of guanidine groups is 1. The van der Waals surface area contributed by atoms with Gasteiger partial charge in [0.1, 0.15) is 12.4 Å². The normalized spacial score (nSPS) is 11.0. The zero-order chi connectivity index (χ0) is 21.9. The summed E-state index contributed by atoms with van der Waals surface area (Å²) in [5.74, 6) is 1.61. The molecule has 3 aromatic rings. The molecule has 0 amide bonds. The van der Waals surface area contributed by atoms with E-state index in [1.54, 1.807) is 13.2 Å². The summed E-state index contributed by atoms with van der Waals surface area (Å²) in [6.07, 6.45) is 3.70. The van der Waals surface area contributed by atoms with E-state index in [-0.39, 0.29) is 24.0 Å². The first-order valence-electron chi connectivity index (χ1n) is 10.5.